The number of alkyl halides is 3. The van der Waals surface area contributed by atoms with Crippen molar-refractivity contribution in [3.8, 4) is 0 Å². The highest BCUT2D eigenvalue weighted by Crippen LogP contribution is 2.31. The molecular weight excluding hydrogens is 245 g/mol. The predicted molar refractivity (Wildman–Crippen MR) is 51.2 cm³/mol. The van der Waals surface area contributed by atoms with Crippen LogP contribution in [0, 0.1) is 0 Å². The van der Waals surface area contributed by atoms with Crippen molar-refractivity contribution in [2.45, 2.75) is 12.3 Å². The molecule has 0 bridgehead atoms. The van der Waals surface area contributed by atoms with Gasteiger partial charge in [-0.15, -0.1) is 0 Å². The first kappa shape index (κ1) is 11.2. The number of aromatic nitrogens is 2. The Kier molecular flexibility index (Phi) is 2.55. The Morgan fingerprint density at radius 3 is 2.62 bits per heavy atom. The monoisotopic (exact) mass is 250 g/mol. The summed E-state index contributed by atoms with van der Waals surface area (Å²) in [6, 6.07) is 2.97. The van der Waals surface area contributed by atoms with Crippen LogP contribution in [0.25, 0.3) is 5.65 Å². The number of rotatable bonds is 1. The van der Waals surface area contributed by atoms with Gasteiger partial charge in [-0.05, 0) is 12.1 Å². The topological polar surface area (TPSA) is 37.5 Å². The summed E-state index contributed by atoms with van der Waals surface area (Å²) in [7, 11) is 0. The molecule has 1 atom stereocenters. The number of aliphatic hydroxyl groups excluding tert-OH is 1. The molecule has 2 aromatic rings. The molecule has 0 fully saturated rings. The Hall–Kier alpha value is -1.27. The number of hydrogen-bond donors (Lipinski definition) is 1. The van der Waals surface area contributed by atoms with E-state index in [1.165, 1.54) is 22.7 Å². The molecule has 16 heavy (non-hydrogen) atoms. The van der Waals surface area contributed by atoms with E-state index in [4.69, 9.17) is 16.7 Å². The minimum atomic E-state index is -4.72. The third kappa shape index (κ3) is 1.98. The number of pyridine rings is 1. The fourth-order valence-corrected chi connectivity index (χ4v) is 1.45. The summed E-state index contributed by atoms with van der Waals surface area (Å²) >= 11 is 5.66. The van der Waals surface area contributed by atoms with Gasteiger partial charge < -0.3 is 9.51 Å². The van der Waals surface area contributed by atoms with Crippen molar-refractivity contribution in [3.63, 3.8) is 0 Å². The largest absolute Gasteiger partial charge is 0.420 e. The van der Waals surface area contributed by atoms with Crippen molar-refractivity contribution >= 4 is 17.2 Å². The zero-order valence-corrected chi connectivity index (χ0v) is 8.50. The minimum absolute atomic E-state index is 0.294. The molecular formula is C9H6ClF3N2O. The Morgan fingerprint density at radius 1 is 1.31 bits per heavy atom. The van der Waals surface area contributed by atoms with Gasteiger partial charge in [0.05, 0.1) is 10.7 Å². The Balaban J connectivity index is 2.47. The van der Waals surface area contributed by atoms with Crippen LogP contribution in [0.1, 0.15) is 11.8 Å². The summed E-state index contributed by atoms with van der Waals surface area (Å²) in [5, 5.41) is 9.37. The normalized spacial score (nSPS) is 14.3. The smallest absolute Gasteiger partial charge is 0.378 e. The second kappa shape index (κ2) is 3.64. The molecule has 0 spiro atoms. The number of hydrogen-bond acceptors (Lipinski definition) is 2. The van der Waals surface area contributed by atoms with E-state index in [0.29, 0.717) is 10.7 Å². The van der Waals surface area contributed by atoms with Crippen LogP contribution < -0.4 is 0 Å². The minimum Gasteiger partial charge on any atom is -0.378 e. The zero-order chi connectivity index (χ0) is 11.9. The molecule has 2 aromatic heterocycles. The molecule has 0 saturated carbocycles. The van der Waals surface area contributed by atoms with Gasteiger partial charge in [0.2, 0.25) is 0 Å². The van der Waals surface area contributed by atoms with E-state index in [1.54, 1.807) is 0 Å². The zero-order valence-electron chi connectivity index (χ0n) is 7.74. The van der Waals surface area contributed by atoms with E-state index in [2.05, 4.69) is 4.98 Å². The second-order valence-corrected chi connectivity index (χ2v) is 3.66. The molecule has 0 aliphatic carbocycles. The summed E-state index contributed by atoms with van der Waals surface area (Å²) in [5.74, 6) is 0. The molecule has 0 unspecified atom stereocenters. The van der Waals surface area contributed by atoms with Gasteiger partial charge in [0, 0.05) is 12.4 Å². The highest BCUT2D eigenvalue weighted by atomic mass is 35.5. The fourth-order valence-electron chi connectivity index (χ4n) is 1.28. The predicted octanol–water partition coefficient (Wildman–Crippen LogP) is 2.58. The number of imidazole rings is 1. The number of fused-ring (bicyclic) bond motifs is 1. The SMILES string of the molecule is O[C@H](c1cn2cc(Cl)ccc2n1)C(F)(F)F. The first-order valence-electron chi connectivity index (χ1n) is 4.27. The maximum absolute atomic E-state index is 12.2. The number of halogens is 4. The third-order valence-corrected chi connectivity index (χ3v) is 2.25. The highest BCUT2D eigenvalue weighted by molar-refractivity contribution is 6.30. The summed E-state index contributed by atoms with van der Waals surface area (Å²) in [6.45, 7) is 0. The lowest BCUT2D eigenvalue weighted by molar-refractivity contribution is -0.207. The molecule has 2 rings (SSSR count). The standard InChI is InChI=1S/C9H6ClF3N2O/c10-5-1-2-7-14-6(4-15(7)3-5)8(16)9(11,12)13/h1-4,8,16H/t8-/m1/s1. The van der Waals surface area contributed by atoms with Gasteiger partial charge >= 0.3 is 6.18 Å². The molecule has 0 aliphatic heterocycles. The van der Waals surface area contributed by atoms with Gasteiger partial charge in [-0.1, -0.05) is 11.6 Å². The Labute approximate surface area is 93.1 Å². The number of nitrogens with zero attached hydrogens (tertiary/aromatic N) is 2. The van der Waals surface area contributed by atoms with E-state index >= 15 is 0 Å². The highest BCUT2D eigenvalue weighted by Gasteiger charge is 2.40. The molecule has 2 heterocycles. The van der Waals surface area contributed by atoms with Gasteiger partial charge in [-0.3, -0.25) is 0 Å². The lowest BCUT2D eigenvalue weighted by Gasteiger charge is -2.10. The molecule has 7 heteroatoms. The van der Waals surface area contributed by atoms with Crippen LogP contribution in [0.3, 0.4) is 0 Å². The summed E-state index contributed by atoms with van der Waals surface area (Å²) in [6.07, 6.45) is -4.79. The Morgan fingerprint density at radius 2 is 2.00 bits per heavy atom. The maximum Gasteiger partial charge on any atom is 0.420 e. The van der Waals surface area contributed by atoms with Crippen molar-refractivity contribution in [2.24, 2.45) is 0 Å². The third-order valence-electron chi connectivity index (χ3n) is 2.02. The van der Waals surface area contributed by atoms with E-state index in [0.717, 1.165) is 6.20 Å². The average Bonchev–Trinajstić information content (AvgIpc) is 2.57. The van der Waals surface area contributed by atoms with Crippen molar-refractivity contribution < 1.29 is 18.3 Å². The molecule has 1 N–H and O–H groups in total. The fraction of sp³-hybridized carbons (Fsp3) is 0.222. The van der Waals surface area contributed by atoms with Crippen LogP contribution in [0.4, 0.5) is 13.2 Å². The van der Waals surface area contributed by atoms with Gasteiger partial charge in [-0.25, -0.2) is 4.98 Å². The van der Waals surface area contributed by atoms with E-state index in [1.807, 2.05) is 0 Å². The van der Waals surface area contributed by atoms with E-state index < -0.39 is 18.0 Å². The first-order chi connectivity index (χ1) is 7.38. The van der Waals surface area contributed by atoms with E-state index in [9.17, 15) is 13.2 Å². The maximum atomic E-state index is 12.2. The summed E-state index contributed by atoms with van der Waals surface area (Å²) in [4.78, 5) is 3.65. The van der Waals surface area contributed by atoms with Gasteiger partial charge in [0.1, 0.15) is 5.65 Å². The number of aliphatic hydroxyl groups is 1. The molecule has 86 valence electrons. The summed E-state index contributed by atoms with van der Waals surface area (Å²) in [5.41, 5.74) is -0.155. The molecule has 3 nitrogen and oxygen atoms in total. The lowest BCUT2D eigenvalue weighted by Crippen LogP contribution is -2.20. The van der Waals surface area contributed by atoms with Crippen LogP contribution in [0.5, 0.6) is 0 Å². The van der Waals surface area contributed by atoms with Crippen LogP contribution in [-0.2, 0) is 0 Å². The molecule has 0 aromatic carbocycles. The lowest BCUT2D eigenvalue weighted by atomic mass is 10.3. The summed E-state index contributed by atoms with van der Waals surface area (Å²) < 4.78 is 38.0. The van der Waals surface area contributed by atoms with Crippen molar-refractivity contribution in [2.75, 3.05) is 0 Å². The first-order valence-corrected chi connectivity index (χ1v) is 4.64. The van der Waals surface area contributed by atoms with Gasteiger partial charge in [-0.2, -0.15) is 13.2 Å². The Bertz CT molecular complexity index is 523. The second-order valence-electron chi connectivity index (χ2n) is 3.22. The van der Waals surface area contributed by atoms with E-state index in [-0.39, 0.29) is 0 Å². The van der Waals surface area contributed by atoms with Crippen LogP contribution in [0.2, 0.25) is 5.02 Å². The van der Waals surface area contributed by atoms with Crippen molar-refractivity contribution in [3.05, 3.63) is 35.2 Å². The molecule has 0 radical (unpaired) electrons. The van der Waals surface area contributed by atoms with Gasteiger partial charge in [0.15, 0.2) is 6.10 Å². The van der Waals surface area contributed by atoms with Crippen LogP contribution in [-0.4, -0.2) is 20.7 Å². The quantitative estimate of drug-likeness (QED) is 0.845. The van der Waals surface area contributed by atoms with Crippen LogP contribution >= 0.6 is 11.6 Å². The van der Waals surface area contributed by atoms with Crippen molar-refractivity contribution in [1.82, 2.24) is 9.38 Å². The molecule has 0 aliphatic rings. The van der Waals surface area contributed by atoms with Gasteiger partial charge in [0.25, 0.3) is 0 Å². The van der Waals surface area contributed by atoms with Crippen molar-refractivity contribution in [1.29, 1.82) is 0 Å². The van der Waals surface area contributed by atoms with Crippen LogP contribution in [0.15, 0.2) is 24.5 Å². The molecule has 0 saturated heterocycles. The molecule has 0 amide bonds. The average molecular weight is 251 g/mol.